The fraction of sp³-hybridized carbons (Fsp3) is 0.900. The minimum atomic E-state index is 0.286. The van der Waals surface area contributed by atoms with Crippen LogP contribution < -0.4 is 0 Å². The van der Waals surface area contributed by atoms with Gasteiger partial charge in [-0.15, -0.1) is 0 Å². The van der Waals surface area contributed by atoms with Crippen molar-refractivity contribution in [1.29, 1.82) is 0 Å². The first-order valence-corrected chi connectivity index (χ1v) is 6.41. The Hall–Kier alpha value is -0.220. The van der Waals surface area contributed by atoms with E-state index in [4.69, 9.17) is 4.74 Å². The van der Waals surface area contributed by atoms with Crippen LogP contribution in [-0.4, -0.2) is 48.6 Å². The Morgan fingerprint density at radius 2 is 2.14 bits per heavy atom. The molecule has 4 heteroatoms. The van der Waals surface area contributed by atoms with Crippen molar-refractivity contribution < 1.29 is 9.53 Å². The molecule has 1 rings (SSSR count). The molecule has 3 nitrogen and oxygen atoms in total. The Morgan fingerprint density at radius 3 is 2.71 bits per heavy atom. The highest BCUT2D eigenvalue weighted by Crippen LogP contribution is 2.13. The third-order valence-corrected chi connectivity index (χ3v) is 3.57. The van der Waals surface area contributed by atoms with Gasteiger partial charge in [-0.2, -0.15) is 11.8 Å². The molecular weight excluding hydrogens is 198 g/mol. The zero-order valence-electron chi connectivity index (χ0n) is 8.99. The minimum absolute atomic E-state index is 0.286. The molecule has 0 aromatic heterocycles. The first-order chi connectivity index (χ1) is 6.74. The molecule has 1 heterocycles. The van der Waals surface area contributed by atoms with Crippen LogP contribution in [0.2, 0.25) is 0 Å². The Labute approximate surface area is 90.2 Å². The molecule has 1 aliphatic heterocycles. The van der Waals surface area contributed by atoms with Crippen molar-refractivity contribution in [1.82, 2.24) is 4.90 Å². The quantitative estimate of drug-likeness (QED) is 0.712. The van der Waals surface area contributed by atoms with Crippen LogP contribution >= 0.6 is 11.8 Å². The molecule has 82 valence electrons. The monoisotopic (exact) mass is 217 g/mol. The molecule has 0 aromatic rings. The summed E-state index contributed by atoms with van der Waals surface area (Å²) in [5.74, 6) is 0.286. The Kier molecular flexibility index (Phi) is 5.33. The summed E-state index contributed by atoms with van der Waals surface area (Å²) >= 11 is 1.82. The van der Waals surface area contributed by atoms with Gasteiger partial charge in [0, 0.05) is 24.8 Å². The minimum Gasteiger partial charge on any atom is -0.378 e. The molecular formula is C10H19NO2S. The number of rotatable bonds is 4. The van der Waals surface area contributed by atoms with Gasteiger partial charge >= 0.3 is 0 Å². The second kappa shape index (κ2) is 6.30. The van der Waals surface area contributed by atoms with Crippen molar-refractivity contribution in [2.75, 3.05) is 32.6 Å². The molecule has 1 fully saturated rings. The summed E-state index contributed by atoms with van der Waals surface area (Å²) in [6.07, 6.45) is 3.75. The van der Waals surface area contributed by atoms with E-state index in [1.165, 1.54) is 0 Å². The maximum atomic E-state index is 11.7. The van der Waals surface area contributed by atoms with E-state index in [0.717, 1.165) is 19.5 Å². The summed E-state index contributed by atoms with van der Waals surface area (Å²) in [6.45, 7) is 5.10. The Bertz CT molecular complexity index is 181. The van der Waals surface area contributed by atoms with Crippen LogP contribution in [0.4, 0.5) is 0 Å². The zero-order chi connectivity index (χ0) is 10.4. The number of hydrogen-bond acceptors (Lipinski definition) is 3. The molecule has 1 unspecified atom stereocenters. The van der Waals surface area contributed by atoms with Crippen molar-refractivity contribution >= 4 is 17.7 Å². The van der Waals surface area contributed by atoms with Crippen molar-refractivity contribution in [3.05, 3.63) is 0 Å². The maximum Gasteiger partial charge on any atom is 0.222 e. The standard InChI is InChI=1S/C10H19NO2S/c1-9(14-2)3-4-10(12)11-5-7-13-8-6-11/h9H,3-8H2,1-2H3. The van der Waals surface area contributed by atoms with E-state index in [-0.39, 0.29) is 5.91 Å². The van der Waals surface area contributed by atoms with E-state index in [1.807, 2.05) is 16.7 Å². The molecule has 0 aliphatic carbocycles. The van der Waals surface area contributed by atoms with Crippen LogP contribution in [0.25, 0.3) is 0 Å². The van der Waals surface area contributed by atoms with Crippen molar-refractivity contribution in [3.63, 3.8) is 0 Å². The second-order valence-corrected chi connectivity index (χ2v) is 4.85. The lowest BCUT2D eigenvalue weighted by molar-refractivity contribution is -0.135. The maximum absolute atomic E-state index is 11.7. The van der Waals surface area contributed by atoms with Gasteiger partial charge in [0.2, 0.25) is 5.91 Å². The van der Waals surface area contributed by atoms with E-state index in [2.05, 4.69) is 13.2 Å². The average Bonchev–Trinajstić information content (AvgIpc) is 2.26. The molecule has 1 atom stereocenters. The van der Waals surface area contributed by atoms with E-state index < -0.39 is 0 Å². The van der Waals surface area contributed by atoms with Crippen LogP contribution in [0.15, 0.2) is 0 Å². The van der Waals surface area contributed by atoms with Crippen LogP contribution in [0.3, 0.4) is 0 Å². The summed E-state index contributed by atoms with van der Waals surface area (Å²) < 4.78 is 5.20. The van der Waals surface area contributed by atoms with Crippen LogP contribution in [0, 0.1) is 0 Å². The summed E-state index contributed by atoms with van der Waals surface area (Å²) in [5.41, 5.74) is 0. The van der Waals surface area contributed by atoms with Crippen LogP contribution in [-0.2, 0) is 9.53 Å². The van der Waals surface area contributed by atoms with Gasteiger partial charge in [-0.3, -0.25) is 4.79 Å². The number of carbonyl (C=O) groups excluding carboxylic acids is 1. The molecule has 1 saturated heterocycles. The largest absolute Gasteiger partial charge is 0.378 e. The third kappa shape index (κ3) is 3.88. The first kappa shape index (κ1) is 11.9. The molecule has 0 radical (unpaired) electrons. The molecule has 14 heavy (non-hydrogen) atoms. The fourth-order valence-electron chi connectivity index (χ4n) is 1.42. The van der Waals surface area contributed by atoms with Gasteiger partial charge in [0.05, 0.1) is 13.2 Å². The van der Waals surface area contributed by atoms with E-state index in [0.29, 0.717) is 24.9 Å². The summed E-state index contributed by atoms with van der Waals surface area (Å²) in [4.78, 5) is 13.6. The lowest BCUT2D eigenvalue weighted by atomic mass is 10.2. The SMILES string of the molecule is CSC(C)CCC(=O)N1CCOCC1. The number of amides is 1. The third-order valence-electron chi connectivity index (χ3n) is 2.53. The fourth-order valence-corrected chi connectivity index (χ4v) is 1.77. The lowest BCUT2D eigenvalue weighted by Crippen LogP contribution is -2.40. The number of morpholine rings is 1. The summed E-state index contributed by atoms with van der Waals surface area (Å²) in [6, 6.07) is 0. The van der Waals surface area contributed by atoms with E-state index in [9.17, 15) is 4.79 Å². The highest BCUT2D eigenvalue weighted by molar-refractivity contribution is 7.99. The van der Waals surface area contributed by atoms with Gasteiger partial charge in [-0.25, -0.2) is 0 Å². The number of hydrogen-bond donors (Lipinski definition) is 0. The molecule has 0 spiro atoms. The molecule has 1 amide bonds. The number of ether oxygens (including phenoxy) is 1. The smallest absolute Gasteiger partial charge is 0.222 e. The predicted molar refractivity (Wildman–Crippen MR) is 59.6 cm³/mol. The topological polar surface area (TPSA) is 29.5 Å². The van der Waals surface area contributed by atoms with Gasteiger partial charge in [-0.1, -0.05) is 6.92 Å². The van der Waals surface area contributed by atoms with E-state index >= 15 is 0 Å². The zero-order valence-corrected chi connectivity index (χ0v) is 9.81. The van der Waals surface area contributed by atoms with E-state index in [1.54, 1.807) is 0 Å². The highest BCUT2D eigenvalue weighted by atomic mass is 32.2. The van der Waals surface area contributed by atoms with Crippen LogP contribution in [0.5, 0.6) is 0 Å². The normalized spacial score (nSPS) is 19.4. The van der Waals surface area contributed by atoms with Crippen molar-refractivity contribution in [3.8, 4) is 0 Å². The Morgan fingerprint density at radius 1 is 1.50 bits per heavy atom. The first-order valence-electron chi connectivity index (χ1n) is 5.12. The van der Waals surface area contributed by atoms with Gasteiger partial charge in [0.1, 0.15) is 0 Å². The summed E-state index contributed by atoms with van der Waals surface area (Å²) in [7, 11) is 0. The van der Waals surface area contributed by atoms with Gasteiger partial charge in [0.15, 0.2) is 0 Å². The average molecular weight is 217 g/mol. The number of carbonyl (C=O) groups is 1. The summed E-state index contributed by atoms with van der Waals surface area (Å²) in [5, 5.41) is 0.583. The molecule has 0 saturated carbocycles. The number of nitrogens with zero attached hydrogens (tertiary/aromatic N) is 1. The van der Waals surface area contributed by atoms with Crippen molar-refractivity contribution in [2.24, 2.45) is 0 Å². The second-order valence-electron chi connectivity index (χ2n) is 3.58. The number of thioether (sulfide) groups is 1. The molecule has 0 aromatic carbocycles. The molecule has 0 N–H and O–H groups in total. The van der Waals surface area contributed by atoms with Gasteiger partial charge < -0.3 is 9.64 Å². The van der Waals surface area contributed by atoms with Crippen LogP contribution in [0.1, 0.15) is 19.8 Å². The lowest BCUT2D eigenvalue weighted by Gasteiger charge is -2.27. The predicted octanol–water partition coefficient (Wildman–Crippen LogP) is 1.38. The highest BCUT2D eigenvalue weighted by Gasteiger charge is 2.16. The molecule has 1 aliphatic rings. The Balaban J connectivity index is 2.19. The van der Waals surface area contributed by atoms with Gasteiger partial charge in [0.25, 0.3) is 0 Å². The van der Waals surface area contributed by atoms with Gasteiger partial charge in [-0.05, 0) is 12.7 Å². The molecule has 0 bridgehead atoms. The van der Waals surface area contributed by atoms with Crippen molar-refractivity contribution in [2.45, 2.75) is 25.0 Å².